The van der Waals surface area contributed by atoms with E-state index in [0.717, 1.165) is 19.5 Å². The fourth-order valence-electron chi connectivity index (χ4n) is 1.35. The van der Waals surface area contributed by atoms with Gasteiger partial charge in [-0.2, -0.15) is 0 Å². The molecule has 66 valence electrons. The van der Waals surface area contributed by atoms with Gasteiger partial charge < -0.3 is 5.32 Å². The van der Waals surface area contributed by atoms with Gasteiger partial charge in [0.25, 0.3) is 0 Å². The van der Waals surface area contributed by atoms with Crippen molar-refractivity contribution in [3.05, 3.63) is 0 Å². The van der Waals surface area contributed by atoms with Gasteiger partial charge >= 0.3 is 0 Å². The summed E-state index contributed by atoms with van der Waals surface area (Å²) >= 11 is 0. The molecule has 0 aromatic carbocycles. The molecule has 0 aromatic heterocycles. The number of nitrogens with one attached hydrogen (secondary N) is 2. The summed E-state index contributed by atoms with van der Waals surface area (Å²) in [6.07, 6.45) is 2.05. The zero-order chi connectivity index (χ0) is 8.54. The Morgan fingerprint density at radius 3 is 2.55 bits per heavy atom. The lowest BCUT2D eigenvalue weighted by molar-refractivity contribution is 0.454. The van der Waals surface area contributed by atoms with Gasteiger partial charge in [0, 0.05) is 12.1 Å². The molecular weight excluding hydrogens is 164 g/mol. The second kappa shape index (κ2) is 2.73. The summed E-state index contributed by atoms with van der Waals surface area (Å²) in [5, 5.41) is 3.11. The van der Waals surface area contributed by atoms with Crippen LogP contribution in [0.25, 0.3) is 0 Å². The first-order chi connectivity index (χ1) is 4.91. The van der Waals surface area contributed by atoms with E-state index >= 15 is 0 Å². The van der Waals surface area contributed by atoms with Crippen LogP contribution >= 0.6 is 0 Å². The third kappa shape index (κ3) is 2.76. The molecule has 1 rings (SSSR count). The molecule has 2 N–H and O–H groups in total. The van der Waals surface area contributed by atoms with Crippen LogP contribution in [0.15, 0.2) is 0 Å². The van der Waals surface area contributed by atoms with E-state index in [1.54, 1.807) is 0 Å². The highest BCUT2D eigenvalue weighted by molar-refractivity contribution is 7.88. The van der Waals surface area contributed by atoms with E-state index in [2.05, 4.69) is 10.0 Å². The maximum absolute atomic E-state index is 10.9. The minimum atomic E-state index is -3.06. The van der Waals surface area contributed by atoms with E-state index in [4.69, 9.17) is 0 Å². The van der Waals surface area contributed by atoms with Gasteiger partial charge in [0.1, 0.15) is 0 Å². The molecule has 1 fully saturated rings. The van der Waals surface area contributed by atoms with Gasteiger partial charge in [-0.3, -0.25) is 0 Å². The summed E-state index contributed by atoms with van der Waals surface area (Å²) in [7, 11) is -3.06. The maximum atomic E-state index is 10.9. The summed E-state index contributed by atoms with van der Waals surface area (Å²) in [6, 6.07) is 0. The first-order valence-corrected chi connectivity index (χ1v) is 5.50. The van der Waals surface area contributed by atoms with Crippen LogP contribution in [0.4, 0.5) is 0 Å². The van der Waals surface area contributed by atoms with Crippen molar-refractivity contribution in [2.45, 2.75) is 18.9 Å². The lowest BCUT2D eigenvalue weighted by Crippen LogP contribution is -2.46. The van der Waals surface area contributed by atoms with Gasteiger partial charge in [0.15, 0.2) is 0 Å². The second-order valence-electron chi connectivity index (χ2n) is 3.36. The van der Waals surface area contributed by atoms with E-state index in [-0.39, 0.29) is 5.54 Å². The predicted molar refractivity (Wildman–Crippen MR) is 43.9 cm³/mol. The predicted octanol–water partition coefficient (Wildman–Crippen LogP) is -0.712. The van der Waals surface area contributed by atoms with Gasteiger partial charge in [-0.1, -0.05) is 0 Å². The van der Waals surface area contributed by atoms with Gasteiger partial charge in [0.05, 0.1) is 6.26 Å². The van der Waals surface area contributed by atoms with Gasteiger partial charge in [-0.05, 0) is 19.9 Å². The third-order valence-electron chi connectivity index (χ3n) is 1.80. The third-order valence-corrected chi connectivity index (χ3v) is 2.66. The quantitative estimate of drug-likeness (QED) is 0.587. The first kappa shape index (κ1) is 8.96. The summed E-state index contributed by atoms with van der Waals surface area (Å²) in [5.74, 6) is 0. The van der Waals surface area contributed by atoms with Crippen molar-refractivity contribution in [3.63, 3.8) is 0 Å². The standard InChI is InChI=1S/C6H14N2O2S/c1-6(3-4-7-5-6)8-11(2,9)10/h7-8H,3-5H2,1-2H3. The van der Waals surface area contributed by atoms with E-state index < -0.39 is 10.0 Å². The fraction of sp³-hybridized carbons (Fsp3) is 1.00. The Kier molecular flexibility index (Phi) is 2.22. The van der Waals surface area contributed by atoms with E-state index in [1.165, 1.54) is 6.26 Å². The van der Waals surface area contributed by atoms with Crippen LogP contribution in [0.1, 0.15) is 13.3 Å². The zero-order valence-electron chi connectivity index (χ0n) is 6.85. The number of rotatable bonds is 2. The molecule has 0 spiro atoms. The van der Waals surface area contributed by atoms with E-state index in [0.29, 0.717) is 0 Å². The van der Waals surface area contributed by atoms with Crippen LogP contribution in [-0.2, 0) is 10.0 Å². The zero-order valence-corrected chi connectivity index (χ0v) is 7.66. The number of sulfonamides is 1. The highest BCUT2D eigenvalue weighted by Gasteiger charge is 2.30. The Morgan fingerprint density at radius 2 is 2.18 bits per heavy atom. The second-order valence-corrected chi connectivity index (χ2v) is 5.11. The topological polar surface area (TPSA) is 58.2 Å². The monoisotopic (exact) mass is 178 g/mol. The molecule has 1 saturated heterocycles. The largest absolute Gasteiger partial charge is 0.315 e. The highest BCUT2D eigenvalue weighted by atomic mass is 32.2. The van der Waals surface area contributed by atoms with Crippen LogP contribution in [0.2, 0.25) is 0 Å². The lowest BCUT2D eigenvalue weighted by Gasteiger charge is -2.22. The molecule has 0 amide bonds. The molecule has 5 heteroatoms. The van der Waals surface area contributed by atoms with Crippen molar-refractivity contribution in [3.8, 4) is 0 Å². The molecule has 0 saturated carbocycles. The van der Waals surface area contributed by atoms with E-state index in [9.17, 15) is 8.42 Å². The molecular formula is C6H14N2O2S. The average molecular weight is 178 g/mol. The Bertz CT molecular complexity index is 229. The maximum Gasteiger partial charge on any atom is 0.209 e. The van der Waals surface area contributed by atoms with Crippen molar-refractivity contribution in [2.24, 2.45) is 0 Å². The highest BCUT2D eigenvalue weighted by Crippen LogP contribution is 2.13. The fourth-order valence-corrected chi connectivity index (χ4v) is 2.42. The molecule has 0 aromatic rings. The smallest absolute Gasteiger partial charge is 0.209 e. The van der Waals surface area contributed by atoms with Crippen LogP contribution in [0.3, 0.4) is 0 Å². The molecule has 0 aliphatic carbocycles. The van der Waals surface area contributed by atoms with Crippen LogP contribution in [0.5, 0.6) is 0 Å². The Morgan fingerprint density at radius 1 is 1.55 bits per heavy atom. The van der Waals surface area contributed by atoms with Crippen molar-refractivity contribution < 1.29 is 8.42 Å². The molecule has 1 atom stereocenters. The van der Waals surface area contributed by atoms with Crippen molar-refractivity contribution in [2.75, 3.05) is 19.3 Å². The Labute approximate surface area is 67.4 Å². The normalized spacial score (nSPS) is 32.5. The average Bonchev–Trinajstić information content (AvgIpc) is 2.09. The van der Waals surface area contributed by atoms with Crippen LogP contribution in [-0.4, -0.2) is 33.3 Å². The minimum absolute atomic E-state index is 0.270. The lowest BCUT2D eigenvalue weighted by atomic mass is 10.0. The molecule has 0 radical (unpaired) electrons. The molecule has 0 bridgehead atoms. The number of hydrogen-bond donors (Lipinski definition) is 2. The summed E-state index contributed by atoms with van der Waals surface area (Å²) in [6.45, 7) is 3.52. The molecule has 1 heterocycles. The van der Waals surface area contributed by atoms with Gasteiger partial charge in [-0.15, -0.1) is 0 Å². The molecule has 1 aliphatic heterocycles. The minimum Gasteiger partial charge on any atom is -0.315 e. The molecule has 1 aliphatic rings. The number of hydrogen-bond acceptors (Lipinski definition) is 3. The summed E-state index contributed by atoms with van der Waals surface area (Å²) < 4.78 is 24.3. The van der Waals surface area contributed by atoms with Crippen LogP contribution < -0.4 is 10.0 Å². The van der Waals surface area contributed by atoms with E-state index in [1.807, 2.05) is 6.92 Å². The molecule has 4 nitrogen and oxygen atoms in total. The summed E-state index contributed by atoms with van der Waals surface area (Å²) in [4.78, 5) is 0. The summed E-state index contributed by atoms with van der Waals surface area (Å²) in [5.41, 5.74) is -0.270. The Balaban J connectivity index is 2.60. The molecule has 11 heavy (non-hydrogen) atoms. The van der Waals surface area contributed by atoms with Crippen molar-refractivity contribution >= 4 is 10.0 Å². The molecule has 1 unspecified atom stereocenters. The van der Waals surface area contributed by atoms with Crippen LogP contribution in [0, 0.1) is 0 Å². The van der Waals surface area contributed by atoms with Gasteiger partial charge in [0.2, 0.25) is 10.0 Å². The Hall–Kier alpha value is -0.130. The SMILES string of the molecule is CC1(NS(C)(=O)=O)CCNC1. The first-order valence-electron chi connectivity index (χ1n) is 3.61. The van der Waals surface area contributed by atoms with Gasteiger partial charge in [-0.25, -0.2) is 13.1 Å². The van der Waals surface area contributed by atoms with Crippen molar-refractivity contribution in [1.82, 2.24) is 10.0 Å². The van der Waals surface area contributed by atoms with Crippen molar-refractivity contribution in [1.29, 1.82) is 0 Å².